The number of fused-ring (bicyclic) bond motifs is 1. The fourth-order valence-electron chi connectivity index (χ4n) is 3.77. The molecule has 3 aromatic heterocycles. The lowest BCUT2D eigenvalue weighted by Gasteiger charge is -2.49. The Morgan fingerprint density at radius 2 is 2.20 bits per heavy atom. The van der Waals surface area contributed by atoms with Gasteiger partial charge in [-0.15, -0.1) is 0 Å². The molecule has 8 heteroatoms. The maximum absolute atomic E-state index is 5.65. The van der Waals surface area contributed by atoms with E-state index in [-0.39, 0.29) is 6.04 Å². The van der Waals surface area contributed by atoms with Crippen LogP contribution in [0.1, 0.15) is 17.8 Å². The van der Waals surface area contributed by atoms with Crippen LogP contribution < -0.4 is 4.90 Å². The molecular weight excluding hydrogens is 320 g/mol. The second-order valence-corrected chi connectivity index (χ2v) is 6.64. The van der Waals surface area contributed by atoms with Gasteiger partial charge in [-0.2, -0.15) is 4.98 Å². The van der Waals surface area contributed by atoms with Gasteiger partial charge in [-0.3, -0.25) is 4.90 Å². The number of hydrogen-bond acceptors (Lipinski definition) is 7. The van der Waals surface area contributed by atoms with E-state index in [1.54, 1.807) is 0 Å². The van der Waals surface area contributed by atoms with Crippen molar-refractivity contribution in [2.75, 3.05) is 37.7 Å². The number of aryl methyl sites for hydroxylation is 1. The quantitative estimate of drug-likeness (QED) is 0.774. The third-order valence-corrected chi connectivity index (χ3v) is 5.09. The molecule has 2 aliphatic rings. The van der Waals surface area contributed by atoms with Crippen molar-refractivity contribution in [3.63, 3.8) is 0 Å². The minimum Gasteiger partial charge on any atom is -0.378 e. The number of aromatic amines is 1. The molecule has 2 saturated heterocycles. The van der Waals surface area contributed by atoms with Crippen molar-refractivity contribution in [2.45, 2.75) is 19.0 Å². The number of hydrogen-bond donors (Lipinski definition) is 1. The summed E-state index contributed by atoms with van der Waals surface area (Å²) in [5.41, 5.74) is 1.12. The summed E-state index contributed by atoms with van der Waals surface area (Å²) in [7, 11) is 0. The van der Waals surface area contributed by atoms with E-state index in [1.807, 2.05) is 25.4 Å². The first kappa shape index (κ1) is 14.9. The molecule has 25 heavy (non-hydrogen) atoms. The lowest BCUT2D eigenvalue weighted by atomic mass is 10.0. The number of ether oxygens (including phenoxy) is 1. The molecule has 1 atom stereocenters. The number of pyridine rings is 1. The van der Waals surface area contributed by atoms with E-state index < -0.39 is 0 Å². The molecule has 5 heterocycles. The van der Waals surface area contributed by atoms with E-state index in [1.165, 1.54) is 5.39 Å². The van der Waals surface area contributed by atoms with Crippen LogP contribution in [-0.4, -0.2) is 63.9 Å². The fourth-order valence-corrected chi connectivity index (χ4v) is 3.77. The second kappa shape index (κ2) is 5.82. The summed E-state index contributed by atoms with van der Waals surface area (Å²) >= 11 is 0. The predicted octanol–water partition coefficient (Wildman–Crippen LogP) is 1.52. The van der Waals surface area contributed by atoms with Crippen LogP contribution in [-0.2, 0) is 4.74 Å². The molecule has 1 unspecified atom stereocenters. The third kappa shape index (κ3) is 2.49. The minimum absolute atomic E-state index is 0.0399. The first-order valence-corrected chi connectivity index (χ1v) is 8.60. The average Bonchev–Trinajstić information content (AvgIpc) is 3.23. The molecule has 0 saturated carbocycles. The topological polar surface area (TPSA) is 83.3 Å². The monoisotopic (exact) mass is 340 g/mol. The molecule has 3 aromatic rings. The molecule has 0 radical (unpaired) electrons. The number of nitrogens with one attached hydrogen (secondary N) is 1. The van der Waals surface area contributed by atoms with Gasteiger partial charge in [0.2, 0.25) is 5.89 Å². The van der Waals surface area contributed by atoms with Gasteiger partial charge in [-0.1, -0.05) is 5.16 Å². The van der Waals surface area contributed by atoms with Gasteiger partial charge in [-0.05, 0) is 19.1 Å². The zero-order valence-corrected chi connectivity index (χ0v) is 14.1. The van der Waals surface area contributed by atoms with Crippen LogP contribution in [0.2, 0.25) is 0 Å². The van der Waals surface area contributed by atoms with E-state index in [0.717, 1.165) is 37.6 Å². The number of nitrogens with zero attached hydrogens (tertiary/aromatic N) is 5. The van der Waals surface area contributed by atoms with Crippen molar-refractivity contribution < 1.29 is 9.26 Å². The molecule has 0 aromatic carbocycles. The highest BCUT2D eigenvalue weighted by Gasteiger charge is 2.40. The van der Waals surface area contributed by atoms with Gasteiger partial charge >= 0.3 is 0 Å². The second-order valence-electron chi connectivity index (χ2n) is 6.64. The highest BCUT2D eigenvalue weighted by molar-refractivity contribution is 5.90. The van der Waals surface area contributed by atoms with E-state index >= 15 is 0 Å². The fraction of sp³-hybridized carbons (Fsp3) is 0.471. The van der Waals surface area contributed by atoms with Gasteiger partial charge < -0.3 is 19.1 Å². The number of H-pyrrole nitrogens is 1. The Morgan fingerprint density at radius 3 is 3.04 bits per heavy atom. The highest BCUT2D eigenvalue weighted by Crippen LogP contribution is 2.33. The zero-order chi connectivity index (χ0) is 16.8. The van der Waals surface area contributed by atoms with Gasteiger partial charge in [0.25, 0.3) is 0 Å². The first-order valence-electron chi connectivity index (χ1n) is 8.60. The Morgan fingerprint density at radius 1 is 1.28 bits per heavy atom. The molecule has 130 valence electrons. The van der Waals surface area contributed by atoms with E-state index in [0.29, 0.717) is 24.4 Å². The van der Waals surface area contributed by atoms with Crippen molar-refractivity contribution in [1.29, 1.82) is 0 Å². The summed E-state index contributed by atoms with van der Waals surface area (Å²) < 4.78 is 11.1. The molecule has 8 nitrogen and oxygen atoms in total. The molecule has 0 aliphatic carbocycles. The summed E-state index contributed by atoms with van der Waals surface area (Å²) in [6.45, 7) is 5.96. The summed E-state index contributed by atoms with van der Waals surface area (Å²) in [4.78, 5) is 17.0. The Bertz CT molecular complexity index is 884. The molecule has 0 bridgehead atoms. The molecule has 2 aliphatic heterocycles. The standard InChI is InChI=1S/C17H20N6O2/c1-11-20-17(25-21-11)15-10-24-7-6-23(15)12-8-22(9-12)16-13-2-4-18-14(13)3-5-19-16/h2-5,12,15,18H,6-10H2,1H3. The third-order valence-electron chi connectivity index (χ3n) is 5.09. The zero-order valence-electron chi connectivity index (χ0n) is 14.1. The number of aromatic nitrogens is 4. The summed E-state index contributed by atoms with van der Waals surface area (Å²) in [5.74, 6) is 2.37. The maximum Gasteiger partial charge on any atom is 0.246 e. The van der Waals surface area contributed by atoms with Gasteiger partial charge in [0, 0.05) is 43.5 Å². The Balaban J connectivity index is 1.34. The molecule has 0 amide bonds. The van der Waals surface area contributed by atoms with E-state index in [4.69, 9.17) is 9.26 Å². The smallest absolute Gasteiger partial charge is 0.246 e. The molecule has 5 rings (SSSR count). The largest absolute Gasteiger partial charge is 0.378 e. The van der Waals surface area contributed by atoms with Crippen molar-refractivity contribution in [3.8, 4) is 0 Å². The van der Waals surface area contributed by atoms with Crippen molar-refractivity contribution in [1.82, 2.24) is 25.0 Å². The Labute approximate surface area is 144 Å². The highest BCUT2D eigenvalue weighted by atomic mass is 16.5. The van der Waals surface area contributed by atoms with Crippen molar-refractivity contribution in [2.24, 2.45) is 0 Å². The van der Waals surface area contributed by atoms with Crippen molar-refractivity contribution >= 4 is 16.7 Å². The molecule has 2 fully saturated rings. The molecule has 0 spiro atoms. The van der Waals surface area contributed by atoms with Crippen LogP contribution >= 0.6 is 0 Å². The van der Waals surface area contributed by atoms with E-state index in [9.17, 15) is 0 Å². The van der Waals surface area contributed by atoms with Gasteiger partial charge in [0.1, 0.15) is 11.9 Å². The van der Waals surface area contributed by atoms with Crippen LogP contribution in [0, 0.1) is 6.92 Å². The van der Waals surface area contributed by atoms with Crippen LogP contribution in [0.5, 0.6) is 0 Å². The average molecular weight is 340 g/mol. The Kier molecular flexibility index (Phi) is 3.46. The van der Waals surface area contributed by atoms with E-state index in [2.05, 4.69) is 36.0 Å². The predicted molar refractivity (Wildman–Crippen MR) is 91.4 cm³/mol. The normalized spacial score (nSPS) is 22.4. The molecule has 1 N–H and O–H groups in total. The van der Waals surface area contributed by atoms with Gasteiger partial charge in [0.05, 0.1) is 18.7 Å². The minimum atomic E-state index is 0.0399. The van der Waals surface area contributed by atoms with Crippen molar-refractivity contribution in [3.05, 3.63) is 36.2 Å². The lowest BCUT2D eigenvalue weighted by molar-refractivity contribution is -0.0462. The SMILES string of the molecule is Cc1noc(C2COCCN2C2CN(c3nccc4[nH]ccc34)C2)n1. The lowest BCUT2D eigenvalue weighted by Crippen LogP contribution is -2.62. The maximum atomic E-state index is 5.65. The van der Waals surface area contributed by atoms with Gasteiger partial charge in [-0.25, -0.2) is 4.98 Å². The van der Waals surface area contributed by atoms with Crippen LogP contribution in [0.4, 0.5) is 5.82 Å². The number of rotatable bonds is 3. The van der Waals surface area contributed by atoms with Crippen LogP contribution in [0.3, 0.4) is 0 Å². The summed E-state index contributed by atoms with van der Waals surface area (Å²) in [5, 5.41) is 5.10. The molecular formula is C17H20N6O2. The summed E-state index contributed by atoms with van der Waals surface area (Å²) in [6.07, 6.45) is 3.82. The van der Waals surface area contributed by atoms with Crippen LogP contribution in [0.15, 0.2) is 29.0 Å². The number of morpholine rings is 1. The first-order chi connectivity index (χ1) is 12.3. The van der Waals surface area contributed by atoms with Crippen LogP contribution in [0.25, 0.3) is 10.9 Å². The number of anilines is 1. The Hall–Kier alpha value is -2.45. The van der Waals surface area contributed by atoms with Gasteiger partial charge in [0.15, 0.2) is 5.82 Å². The summed E-state index contributed by atoms with van der Waals surface area (Å²) in [6, 6.07) is 4.57.